The van der Waals surface area contributed by atoms with Crippen LogP contribution >= 0.6 is 11.5 Å². The van der Waals surface area contributed by atoms with Crippen LogP contribution in [-0.4, -0.2) is 9.99 Å². The lowest BCUT2D eigenvalue weighted by atomic mass is 10.2. The quantitative estimate of drug-likeness (QED) is 0.791. The number of carbonyl (C=O) groups is 1. The van der Waals surface area contributed by atoms with Gasteiger partial charge in [-0.1, -0.05) is 30.3 Å². The summed E-state index contributed by atoms with van der Waals surface area (Å²) < 4.78 is 15.3. The first-order valence-corrected chi connectivity index (χ1v) is 7.07. The number of halogens is 1. The van der Waals surface area contributed by atoms with Crippen LogP contribution in [0.5, 0.6) is 0 Å². The van der Waals surface area contributed by atoms with Crippen molar-refractivity contribution in [2.24, 2.45) is 0 Å². The van der Waals surface area contributed by atoms with E-state index in [1.807, 2.05) is 0 Å². The number of amides is 1. The number of rotatable bonds is 2. The Balaban J connectivity index is 1.83. The van der Waals surface area contributed by atoms with Crippen molar-refractivity contribution in [3.63, 3.8) is 0 Å². The Morgan fingerprint density at radius 3 is 2.62 bits per heavy atom. The molecule has 0 aliphatic carbocycles. The van der Waals surface area contributed by atoms with E-state index in [2.05, 4.69) is 5.32 Å². The lowest BCUT2D eigenvalue weighted by Gasteiger charge is -2.05. The molecule has 3 rings (SSSR count). The van der Waals surface area contributed by atoms with E-state index in [4.69, 9.17) is 0 Å². The second-order valence-corrected chi connectivity index (χ2v) is 5.42. The standard InChI is InChI=1S/C15H11FN2O2S/c16-12-7-3-1-5-10(12)9-17-15(20)18-14(19)11-6-2-4-8-13(11)21-18/h1-8H,9H2,(H,17,20). The molecule has 0 radical (unpaired) electrons. The van der Waals surface area contributed by atoms with E-state index in [1.54, 1.807) is 42.5 Å². The molecule has 0 saturated heterocycles. The Morgan fingerprint density at radius 1 is 1.14 bits per heavy atom. The molecule has 6 heteroatoms. The fraction of sp³-hybridized carbons (Fsp3) is 0.0667. The van der Waals surface area contributed by atoms with Crippen molar-refractivity contribution < 1.29 is 9.18 Å². The minimum atomic E-state index is -0.551. The highest BCUT2D eigenvalue weighted by Gasteiger charge is 2.13. The van der Waals surface area contributed by atoms with Gasteiger partial charge in [-0.05, 0) is 29.7 Å². The van der Waals surface area contributed by atoms with Crippen molar-refractivity contribution >= 4 is 27.6 Å². The Hall–Kier alpha value is -2.47. The molecule has 1 heterocycles. The molecule has 0 unspecified atom stereocenters. The first-order chi connectivity index (χ1) is 10.2. The van der Waals surface area contributed by atoms with Crippen LogP contribution in [0.3, 0.4) is 0 Å². The molecule has 0 aliphatic heterocycles. The Kier molecular flexibility index (Phi) is 3.53. The van der Waals surface area contributed by atoms with Crippen molar-refractivity contribution in [3.8, 4) is 0 Å². The monoisotopic (exact) mass is 302 g/mol. The van der Waals surface area contributed by atoms with Crippen LogP contribution in [-0.2, 0) is 6.54 Å². The van der Waals surface area contributed by atoms with Crippen molar-refractivity contribution in [2.45, 2.75) is 6.54 Å². The number of hydrogen-bond acceptors (Lipinski definition) is 3. The fourth-order valence-corrected chi connectivity index (χ4v) is 2.91. The number of benzene rings is 2. The summed E-state index contributed by atoms with van der Waals surface area (Å²) in [5.74, 6) is -0.388. The van der Waals surface area contributed by atoms with Crippen LogP contribution in [0.2, 0.25) is 0 Å². The molecular formula is C15H11FN2O2S. The van der Waals surface area contributed by atoms with Gasteiger partial charge in [0, 0.05) is 12.1 Å². The van der Waals surface area contributed by atoms with E-state index in [0.29, 0.717) is 10.9 Å². The van der Waals surface area contributed by atoms with Crippen LogP contribution in [0.25, 0.3) is 10.1 Å². The first-order valence-electron chi connectivity index (χ1n) is 6.29. The Bertz CT molecular complexity index is 869. The third-order valence-electron chi connectivity index (χ3n) is 3.06. The van der Waals surface area contributed by atoms with Crippen molar-refractivity contribution in [2.75, 3.05) is 0 Å². The van der Waals surface area contributed by atoms with Crippen LogP contribution < -0.4 is 10.9 Å². The molecule has 0 atom stereocenters. The predicted molar refractivity (Wildman–Crippen MR) is 80.1 cm³/mol. The molecule has 1 amide bonds. The van der Waals surface area contributed by atoms with Gasteiger partial charge >= 0.3 is 6.03 Å². The maximum absolute atomic E-state index is 13.5. The van der Waals surface area contributed by atoms with Gasteiger partial charge in [-0.2, -0.15) is 3.96 Å². The van der Waals surface area contributed by atoms with E-state index in [1.165, 1.54) is 6.07 Å². The summed E-state index contributed by atoms with van der Waals surface area (Å²) in [4.78, 5) is 24.1. The predicted octanol–water partition coefficient (Wildman–Crippen LogP) is 2.96. The molecule has 0 spiro atoms. The zero-order chi connectivity index (χ0) is 14.8. The average Bonchev–Trinajstić information content (AvgIpc) is 2.84. The van der Waals surface area contributed by atoms with Gasteiger partial charge in [0.2, 0.25) is 0 Å². The molecule has 4 nitrogen and oxygen atoms in total. The van der Waals surface area contributed by atoms with Crippen LogP contribution in [0, 0.1) is 5.82 Å². The van der Waals surface area contributed by atoms with Crippen molar-refractivity contribution in [1.82, 2.24) is 9.27 Å². The molecule has 0 saturated carbocycles. The summed E-state index contributed by atoms with van der Waals surface area (Å²) in [6.45, 7) is 0.0339. The molecule has 21 heavy (non-hydrogen) atoms. The van der Waals surface area contributed by atoms with E-state index in [0.717, 1.165) is 20.2 Å². The highest BCUT2D eigenvalue weighted by atomic mass is 32.1. The first kappa shape index (κ1) is 13.5. The molecule has 0 aliphatic rings. The molecule has 0 bridgehead atoms. The number of carbonyl (C=O) groups excluding carboxylic acids is 1. The molecule has 106 valence electrons. The summed E-state index contributed by atoms with van der Waals surface area (Å²) in [5, 5.41) is 3.06. The zero-order valence-electron chi connectivity index (χ0n) is 10.9. The lowest BCUT2D eigenvalue weighted by molar-refractivity contribution is 0.243. The number of fused-ring (bicyclic) bond motifs is 1. The largest absolute Gasteiger partial charge is 0.338 e. The van der Waals surface area contributed by atoms with Gasteiger partial charge in [0.15, 0.2) is 0 Å². The van der Waals surface area contributed by atoms with Crippen LogP contribution in [0.4, 0.5) is 9.18 Å². The maximum Gasteiger partial charge on any atom is 0.338 e. The van der Waals surface area contributed by atoms with E-state index >= 15 is 0 Å². The van der Waals surface area contributed by atoms with E-state index in [-0.39, 0.29) is 17.9 Å². The number of aromatic nitrogens is 1. The topological polar surface area (TPSA) is 51.1 Å². The summed E-state index contributed by atoms with van der Waals surface area (Å²) in [5.41, 5.74) is 0.0154. The van der Waals surface area contributed by atoms with Gasteiger partial charge in [-0.15, -0.1) is 0 Å². The highest BCUT2D eigenvalue weighted by molar-refractivity contribution is 7.14. The fourth-order valence-electron chi connectivity index (χ4n) is 1.99. The lowest BCUT2D eigenvalue weighted by Crippen LogP contribution is -2.32. The third kappa shape index (κ3) is 2.57. The molecule has 2 aromatic carbocycles. The van der Waals surface area contributed by atoms with Crippen molar-refractivity contribution in [3.05, 3.63) is 70.3 Å². The van der Waals surface area contributed by atoms with Gasteiger partial charge in [0.05, 0.1) is 10.1 Å². The smallest absolute Gasteiger partial charge is 0.332 e. The summed E-state index contributed by atoms with van der Waals surface area (Å²) >= 11 is 1.07. The molecule has 1 aromatic heterocycles. The zero-order valence-corrected chi connectivity index (χ0v) is 11.7. The summed E-state index contributed by atoms with van der Waals surface area (Å²) in [6.07, 6.45) is 0. The SMILES string of the molecule is O=C(NCc1ccccc1F)n1sc2ccccc2c1=O. The summed E-state index contributed by atoms with van der Waals surface area (Å²) in [6, 6.07) is 12.6. The number of nitrogens with one attached hydrogen (secondary N) is 1. The minimum absolute atomic E-state index is 0.0339. The van der Waals surface area contributed by atoms with Gasteiger partial charge < -0.3 is 5.32 Å². The number of nitrogens with zero attached hydrogens (tertiary/aromatic N) is 1. The second-order valence-electron chi connectivity index (χ2n) is 4.44. The van der Waals surface area contributed by atoms with Gasteiger partial charge in [0.1, 0.15) is 5.82 Å². The normalized spacial score (nSPS) is 10.7. The third-order valence-corrected chi connectivity index (χ3v) is 4.13. The van der Waals surface area contributed by atoms with E-state index in [9.17, 15) is 14.0 Å². The van der Waals surface area contributed by atoms with Gasteiger partial charge in [-0.25, -0.2) is 9.18 Å². The summed E-state index contributed by atoms with van der Waals surface area (Å²) in [7, 11) is 0. The minimum Gasteiger partial charge on any atom is -0.332 e. The maximum atomic E-state index is 13.5. The van der Waals surface area contributed by atoms with Crippen molar-refractivity contribution in [1.29, 1.82) is 0 Å². The second kappa shape index (κ2) is 5.49. The Labute approximate surface area is 123 Å². The molecular weight excluding hydrogens is 291 g/mol. The molecule has 1 N–H and O–H groups in total. The average molecular weight is 302 g/mol. The van der Waals surface area contributed by atoms with Crippen LogP contribution in [0.1, 0.15) is 5.56 Å². The number of hydrogen-bond donors (Lipinski definition) is 1. The molecule has 3 aromatic rings. The molecule has 0 fully saturated rings. The van der Waals surface area contributed by atoms with Crippen LogP contribution in [0.15, 0.2) is 53.3 Å². The van der Waals surface area contributed by atoms with Gasteiger partial charge in [-0.3, -0.25) is 4.79 Å². The van der Waals surface area contributed by atoms with Gasteiger partial charge in [0.25, 0.3) is 5.56 Å². The Morgan fingerprint density at radius 2 is 1.86 bits per heavy atom. The van der Waals surface area contributed by atoms with E-state index < -0.39 is 6.03 Å². The highest BCUT2D eigenvalue weighted by Crippen LogP contribution is 2.15.